The normalized spacial score (nSPS) is 17.8. The minimum atomic E-state index is -0.285. The van der Waals surface area contributed by atoms with Crippen molar-refractivity contribution in [3.8, 4) is 0 Å². The highest BCUT2D eigenvalue weighted by atomic mass is 79.9. The summed E-state index contributed by atoms with van der Waals surface area (Å²) in [5.74, 6) is 0.536. The van der Waals surface area contributed by atoms with Gasteiger partial charge in [-0.3, -0.25) is 9.48 Å². The summed E-state index contributed by atoms with van der Waals surface area (Å²) in [7, 11) is 0. The van der Waals surface area contributed by atoms with Gasteiger partial charge >= 0.3 is 0 Å². The number of nitrogens with two attached hydrogens (primary N) is 1. The molecular weight excluding hydrogens is 272 g/mol. The van der Waals surface area contributed by atoms with E-state index in [1.54, 1.807) is 10.9 Å². The Kier molecular flexibility index (Phi) is 3.18. The third-order valence-electron chi connectivity index (χ3n) is 2.89. The predicted octanol–water partition coefficient (Wildman–Crippen LogP) is 1.41. The lowest BCUT2D eigenvalue weighted by Gasteiger charge is -2.20. The molecule has 1 saturated heterocycles. The number of likely N-dealkylation sites (tertiary alicyclic amines) is 1. The van der Waals surface area contributed by atoms with Crippen molar-refractivity contribution in [3.05, 3.63) is 10.7 Å². The fourth-order valence-corrected chi connectivity index (χ4v) is 2.19. The molecule has 1 unspecified atom stereocenters. The van der Waals surface area contributed by atoms with E-state index in [0.717, 1.165) is 30.4 Å². The van der Waals surface area contributed by atoms with Crippen LogP contribution in [0.4, 0.5) is 5.82 Å². The Bertz CT molecular complexity index is 378. The zero-order chi connectivity index (χ0) is 11.7. The number of carbonyl (C=O) groups excluding carboxylic acids is 1. The Morgan fingerprint density at radius 3 is 2.69 bits per heavy atom. The van der Waals surface area contributed by atoms with Crippen molar-refractivity contribution in [3.63, 3.8) is 0 Å². The zero-order valence-electron chi connectivity index (χ0n) is 9.19. The Hall–Kier alpha value is -1.04. The molecule has 1 aromatic rings. The minimum Gasteiger partial charge on any atom is -0.381 e. The first-order valence-corrected chi connectivity index (χ1v) is 6.18. The Balaban J connectivity index is 2.11. The molecule has 2 rings (SSSR count). The topological polar surface area (TPSA) is 64.2 Å². The van der Waals surface area contributed by atoms with Gasteiger partial charge in [-0.25, -0.2) is 0 Å². The minimum absolute atomic E-state index is 0.118. The highest BCUT2D eigenvalue weighted by molar-refractivity contribution is 9.10. The summed E-state index contributed by atoms with van der Waals surface area (Å²) in [6, 6.07) is -0.285. The molecular formula is C10H15BrN4O. The van der Waals surface area contributed by atoms with E-state index >= 15 is 0 Å². The number of amides is 1. The molecule has 0 spiro atoms. The summed E-state index contributed by atoms with van der Waals surface area (Å²) in [6.07, 6.45) is 3.95. The van der Waals surface area contributed by atoms with Gasteiger partial charge in [-0.1, -0.05) is 0 Å². The van der Waals surface area contributed by atoms with E-state index in [2.05, 4.69) is 21.0 Å². The van der Waals surface area contributed by atoms with Crippen molar-refractivity contribution in [1.82, 2.24) is 14.7 Å². The first-order chi connectivity index (χ1) is 7.59. The average molecular weight is 287 g/mol. The van der Waals surface area contributed by atoms with Crippen LogP contribution in [0.25, 0.3) is 0 Å². The van der Waals surface area contributed by atoms with Crippen molar-refractivity contribution in [2.75, 3.05) is 18.8 Å². The van der Waals surface area contributed by atoms with Crippen molar-refractivity contribution in [2.45, 2.75) is 25.8 Å². The number of halogens is 1. The molecule has 0 saturated carbocycles. The van der Waals surface area contributed by atoms with Crippen molar-refractivity contribution < 1.29 is 4.79 Å². The molecule has 0 aliphatic carbocycles. The standard InChI is InChI=1S/C10H15BrN4O/c1-7(10(16)14-4-2-3-5-14)15-6-8(11)9(12)13-15/h6-7H,2-5H2,1H3,(H2,12,13). The van der Waals surface area contributed by atoms with Crippen molar-refractivity contribution in [2.24, 2.45) is 0 Å². The van der Waals surface area contributed by atoms with E-state index in [0.29, 0.717) is 5.82 Å². The van der Waals surface area contributed by atoms with Crippen LogP contribution in [0.15, 0.2) is 10.7 Å². The lowest BCUT2D eigenvalue weighted by molar-refractivity contribution is -0.133. The number of anilines is 1. The molecule has 1 atom stereocenters. The summed E-state index contributed by atoms with van der Waals surface area (Å²) in [5.41, 5.74) is 5.63. The van der Waals surface area contributed by atoms with Crippen molar-refractivity contribution in [1.29, 1.82) is 0 Å². The van der Waals surface area contributed by atoms with Gasteiger partial charge in [0.15, 0.2) is 5.82 Å². The summed E-state index contributed by atoms with van der Waals surface area (Å²) in [4.78, 5) is 14.0. The van der Waals surface area contributed by atoms with Gasteiger partial charge < -0.3 is 10.6 Å². The lowest BCUT2D eigenvalue weighted by atomic mass is 10.3. The van der Waals surface area contributed by atoms with Crippen LogP contribution in [0.2, 0.25) is 0 Å². The van der Waals surface area contributed by atoms with Gasteiger partial charge in [-0.2, -0.15) is 5.10 Å². The molecule has 88 valence electrons. The van der Waals surface area contributed by atoms with E-state index in [9.17, 15) is 4.79 Å². The zero-order valence-corrected chi connectivity index (χ0v) is 10.8. The number of hydrogen-bond donors (Lipinski definition) is 1. The quantitative estimate of drug-likeness (QED) is 0.894. The smallest absolute Gasteiger partial charge is 0.247 e. The number of rotatable bonds is 2. The first-order valence-electron chi connectivity index (χ1n) is 5.38. The van der Waals surface area contributed by atoms with Crippen LogP contribution < -0.4 is 5.73 Å². The maximum atomic E-state index is 12.1. The lowest BCUT2D eigenvalue weighted by Crippen LogP contribution is -2.34. The van der Waals surface area contributed by atoms with Crippen LogP contribution in [0.3, 0.4) is 0 Å². The van der Waals surface area contributed by atoms with Crippen LogP contribution in [-0.2, 0) is 4.79 Å². The summed E-state index contributed by atoms with van der Waals surface area (Å²) in [5, 5.41) is 4.10. The second-order valence-corrected chi connectivity index (χ2v) is 4.90. The highest BCUT2D eigenvalue weighted by Crippen LogP contribution is 2.21. The highest BCUT2D eigenvalue weighted by Gasteiger charge is 2.25. The first kappa shape index (κ1) is 11.4. The van der Waals surface area contributed by atoms with E-state index in [-0.39, 0.29) is 11.9 Å². The van der Waals surface area contributed by atoms with Gasteiger partial charge in [0.2, 0.25) is 5.91 Å². The fraction of sp³-hybridized carbons (Fsp3) is 0.600. The van der Waals surface area contributed by atoms with Gasteiger partial charge in [0.1, 0.15) is 6.04 Å². The Morgan fingerprint density at radius 1 is 1.56 bits per heavy atom. The summed E-state index contributed by atoms with van der Waals surface area (Å²) >= 11 is 3.28. The number of nitrogen functional groups attached to an aromatic ring is 1. The largest absolute Gasteiger partial charge is 0.381 e. The third-order valence-corrected chi connectivity index (χ3v) is 3.50. The second-order valence-electron chi connectivity index (χ2n) is 4.05. The average Bonchev–Trinajstić information content (AvgIpc) is 2.87. The maximum absolute atomic E-state index is 12.1. The van der Waals surface area contributed by atoms with Crippen LogP contribution in [0.1, 0.15) is 25.8 Å². The van der Waals surface area contributed by atoms with Crippen molar-refractivity contribution >= 4 is 27.7 Å². The van der Waals surface area contributed by atoms with Gasteiger partial charge in [-0.05, 0) is 35.7 Å². The molecule has 0 bridgehead atoms. The fourth-order valence-electron chi connectivity index (χ4n) is 1.90. The Morgan fingerprint density at radius 2 is 2.19 bits per heavy atom. The number of hydrogen-bond acceptors (Lipinski definition) is 3. The monoisotopic (exact) mass is 286 g/mol. The number of aromatic nitrogens is 2. The molecule has 2 heterocycles. The van der Waals surface area contributed by atoms with E-state index in [1.165, 1.54) is 0 Å². The van der Waals surface area contributed by atoms with Gasteiger partial charge in [0, 0.05) is 19.3 Å². The molecule has 1 fully saturated rings. The molecule has 2 N–H and O–H groups in total. The molecule has 1 amide bonds. The molecule has 0 aromatic carbocycles. The Labute approximate surface area is 103 Å². The number of carbonyl (C=O) groups is 1. The van der Waals surface area contributed by atoms with Crippen LogP contribution in [-0.4, -0.2) is 33.7 Å². The second kappa shape index (κ2) is 4.45. The van der Waals surface area contributed by atoms with E-state index < -0.39 is 0 Å². The summed E-state index contributed by atoms with van der Waals surface area (Å²) in [6.45, 7) is 3.57. The van der Waals surface area contributed by atoms with E-state index in [4.69, 9.17) is 5.73 Å². The van der Waals surface area contributed by atoms with Gasteiger partial charge in [0.05, 0.1) is 4.47 Å². The van der Waals surface area contributed by atoms with E-state index in [1.807, 2.05) is 11.8 Å². The molecule has 0 radical (unpaired) electrons. The summed E-state index contributed by atoms with van der Waals surface area (Å²) < 4.78 is 2.34. The predicted molar refractivity (Wildman–Crippen MR) is 64.9 cm³/mol. The van der Waals surface area contributed by atoms with Gasteiger partial charge in [0.25, 0.3) is 0 Å². The SMILES string of the molecule is CC(C(=O)N1CCCC1)n1cc(Br)c(N)n1. The van der Waals surface area contributed by atoms with Crippen LogP contribution in [0.5, 0.6) is 0 Å². The van der Waals surface area contributed by atoms with Crippen LogP contribution >= 0.6 is 15.9 Å². The van der Waals surface area contributed by atoms with Crippen LogP contribution in [0, 0.1) is 0 Å². The molecule has 16 heavy (non-hydrogen) atoms. The molecule has 1 aliphatic heterocycles. The molecule has 1 aliphatic rings. The molecule has 1 aromatic heterocycles. The van der Waals surface area contributed by atoms with Gasteiger partial charge in [-0.15, -0.1) is 0 Å². The molecule has 5 nitrogen and oxygen atoms in total. The number of nitrogens with zero attached hydrogens (tertiary/aromatic N) is 3. The molecule has 6 heteroatoms. The maximum Gasteiger partial charge on any atom is 0.247 e. The third kappa shape index (κ3) is 2.07.